The number of carbonyl (C=O) groups is 4. The Balaban J connectivity index is 1.69. The summed E-state index contributed by atoms with van der Waals surface area (Å²) < 4.78 is 0. The lowest BCUT2D eigenvalue weighted by Crippen LogP contribution is -2.57. The standard InChI is InChI=1S/C26H31N5O5S/c1-15(23(32)31-22(14-37)26(35)36)29-25(34)21(11-16-7-3-2-4-8-16)30-24(33)19(27)12-17-13-28-20-10-6-5-9-18(17)20/h2-10,13,15,19,21-22,28,37H,11-12,14,27H2,1H3,(H,29,34)(H,30,33)(H,31,32)(H,35,36). The van der Waals surface area contributed by atoms with E-state index in [-0.39, 0.29) is 18.6 Å². The largest absolute Gasteiger partial charge is 0.480 e. The normalized spacial score (nSPS) is 14.2. The molecule has 4 unspecified atom stereocenters. The van der Waals surface area contributed by atoms with Crippen molar-refractivity contribution >= 4 is 47.2 Å². The maximum atomic E-state index is 13.1. The Labute approximate surface area is 219 Å². The summed E-state index contributed by atoms with van der Waals surface area (Å²) in [6.07, 6.45) is 2.23. The molecular formula is C26H31N5O5S. The molecule has 196 valence electrons. The van der Waals surface area contributed by atoms with Gasteiger partial charge < -0.3 is 31.8 Å². The van der Waals surface area contributed by atoms with Crippen LogP contribution >= 0.6 is 12.6 Å². The van der Waals surface area contributed by atoms with Gasteiger partial charge in [0.1, 0.15) is 18.1 Å². The Morgan fingerprint density at radius 1 is 0.892 bits per heavy atom. The molecule has 0 radical (unpaired) electrons. The van der Waals surface area contributed by atoms with Crippen molar-refractivity contribution in [1.82, 2.24) is 20.9 Å². The van der Waals surface area contributed by atoms with Gasteiger partial charge in [0.25, 0.3) is 0 Å². The number of carbonyl (C=O) groups excluding carboxylic acids is 3. The third kappa shape index (κ3) is 7.58. The van der Waals surface area contributed by atoms with Crippen LogP contribution in [0.15, 0.2) is 60.8 Å². The van der Waals surface area contributed by atoms with E-state index in [1.165, 1.54) is 6.92 Å². The Kier molecular flexibility index (Phi) is 9.70. The zero-order valence-electron chi connectivity index (χ0n) is 20.3. The summed E-state index contributed by atoms with van der Waals surface area (Å²) in [6, 6.07) is 12.6. The maximum Gasteiger partial charge on any atom is 0.327 e. The molecule has 0 fully saturated rings. The van der Waals surface area contributed by atoms with Crippen molar-refractivity contribution < 1.29 is 24.3 Å². The van der Waals surface area contributed by atoms with Crippen molar-refractivity contribution in [3.8, 4) is 0 Å². The van der Waals surface area contributed by atoms with Gasteiger partial charge in [-0.3, -0.25) is 14.4 Å². The highest BCUT2D eigenvalue weighted by molar-refractivity contribution is 7.80. The number of carboxylic acids is 1. The van der Waals surface area contributed by atoms with Crippen LogP contribution in [-0.4, -0.2) is 63.7 Å². The number of aliphatic carboxylic acids is 1. The molecule has 3 rings (SSSR count). The minimum absolute atomic E-state index is 0.108. The number of thiol groups is 1. The number of aromatic nitrogens is 1. The lowest BCUT2D eigenvalue weighted by Gasteiger charge is -2.23. The Bertz CT molecular complexity index is 1250. The van der Waals surface area contributed by atoms with Crippen molar-refractivity contribution in [2.75, 3.05) is 5.75 Å². The molecule has 4 atom stereocenters. The van der Waals surface area contributed by atoms with Crippen LogP contribution in [0, 0.1) is 0 Å². The van der Waals surface area contributed by atoms with E-state index in [1.807, 2.05) is 60.8 Å². The fraction of sp³-hybridized carbons (Fsp3) is 0.308. The zero-order valence-corrected chi connectivity index (χ0v) is 21.2. The molecule has 7 N–H and O–H groups in total. The van der Waals surface area contributed by atoms with E-state index >= 15 is 0 Å². The number of benzene rings is 2. The molecule has 0 aliphatic rings. The number of hydrogen-bond donors (Lipinski definition) is 7. The first-order valence-electron chi connectivity index (χ1n) is 11.8. The average Bonchev–Trinajstić information content (AvgIpc) is 3.29. The summed E-state index contributed by atoms with van der Waals surface area (Å²) in [5.41, 5.74) is 8.81. The van der Waals surface area contributed by atoms with Gasteiger partial charge >= 0.3 is 5.97 Å². The lowest BCUT2D eigenvalue weighted by atomic mass is 10.0. The highest BCUT2D eigenvalue weighted by Gasteiger charge is 2.28. The van der Waals surface area contributed by atoms with Gasteiger partial charge in [-0.25, -0.2) is 4.79 Å². The minimum Gasteiger partial charge on any atom is -0.480 e. The molecule has 0 saturated heterocycles. The lowest BCUT2D eigenvalue weighted by molar-refractivity contribution is -0.141. The third-order valence-electron chi connectivity index (χ3n) is 5.92. The average molecular weight is 526 g/mol. The minimum atomic E-state index is -1.24. The van der Waals surface area contributed by atoms with Crippen LogP contribution < -0.4 is 21.7 Å². The number of para-hydroxylation sites is 1. The molecular weight excluding hydrogens is 494 g/mol. The Hall–Kier alpha value is -3.83. The van der Waals surface area contributed by atoms with E-state index in [0.29, 0.717) is 0 Å². The third-order valence-corrected chi connectivity index (χ3v) is 6.28. The van der Waals surface area contributed by atoms with Crippen LogP contribution in [0.25, 0.3) is 10.9 Å². The Morgan fingerprint density at radius 3 is 2.22 bits per heavy atom. The highest BCUT2D eigenvalue weighted by atomic mass is 32.1. The predicted octanol–water partition coefficient (Wildman–Crippen LogP) is 0.769. The molecule has 0 aliphatic heterocycles. The second-order valence-corrected chi connectivity index (χ2v) is 9.10. The highest BCUT2D eigenvalue weighted by Crippen LogP contribution is 2.19. The van der Waals surface area contributed by atoms with Crippen LogP contribution in [0.4, 0.5) is 0 Å². The smallest absolute Gasteiger partial charge is 0.327 e. The van der Waals surface area contributed by atoms with Crippen LogP contribution in [0.1, 0.15) is 18.1 Å². The summed E-state index contributed by atoms with van der Waals surface area (Å²) >= 11 is 3.92. The van der Waals surface area contributed by atoms with Crippen molar-refractivity contribution in [2.24, 2.45) is 5.73 Å². The van der Waals surface area contributed by atoms with E-state index < -0.39 is 47.9 Å². The molecule has 3 aromatic rings. The van der Waals surface area contributed by atoms with Gasteiger partial charge in [0, 0.05) is 29.3 Å². The molecule has 0 bridgehead atoms. The molecule has 37 heavy (non-hydrogen) atoms. The van der Waals surface area contributed by atoms with Crippen LogP contribution in [0.2, 0.25) is 0 Å². The van der Waals surface area contributed by atoms with E-state index in [9.17, 15) is 19.2 Å². The Morgan fingerprint density at radius 2 is 1.54 bits per heavy atom. The van der Waals surface area contributed by atoms with E-state index in [1.54, 1.807) is 0 Å². The molecule has 1 heterocycles. The van der Waals surface area contributed by atoms with Crippen LogP contribution in [0.3, 0.4) is 0 Å². The van der Waals surface area contributed by atoms with Crippen LogP contribution in [-0.2, 0) is 32.0 Å². The molecule has 0 saturated carbocycles. The maximum absolute atomic E-state index is 13.1. The van der Waals surface area contributed by atoms with E-state index in [0.717, 1.165) is 22.0 Å². The molecule has 1 aromatic heterocycles. The molecule has 11 heteroatoms. The topological polar surface area (TPSA) is 166 Å². The summed E-state index contributed by atoms with van der Waals surface area (Å²) in [5.74, 6) is -3.14. The SMILES string of the molecule is CC(NC(=O)C(Cc1ccccc1)NC(=O)C(N)Cc1c[nH]c2ccccc12)C(=O)NC(CS)C(=O)O. The van der Waals surface area contributed by atoms with Gasteiger partial charge in [0.05, 0.1) is 6.04 Å². The molecule has 3 amide bonds. The van der Waals surface area contributed by atoms with Crippen molar-refractivity contribution in [3.63, 3.8) is 0 Å². The number of nitrogens with two attached hydrogens (primary N) is 1. The first-order valence-corrected chi connectivity index (χ1v) is 12.4. The van der Waals surface area contributed by atoms with E-state index in [2.05, 4.69) is 33.6 Å². The fourth-order valence-corrected chi connectivity index (χ4v) is 4.08. The summed E-state index contributed by atoms with van der Waals surface area (Å²) in [4.78, 5) is 52.9. The second kappa shape index (κ2) is 12.9. The molecule has 2 aromatic carbocycles. The molecule has 0 aliphatic carbocycles. The van der Waals surface area contributed by atoms with Gasteiger partial charge in [0.2, 0.25) is 17.7 Å². The zero-order chi connectivity index (χ0) is 26.9. The van der Waals surface area contributed by atoms with Crippen molar-refractivity contribution in [1.29, 1.82) is 0 Å². The number of aromatic amines is 1. The number of fused-ring (bicyclic) bond motifs is 1. The van der Waals surface area contributed by atoms with Gasteiger partial charge in [0.15, 0.2) is 0 Å². The van der Waals surface area contributed by atoms with Crippen LogP contribution in [0.5, 0.6) is 0 Å². The van der Waals surface area contributed by atoms with E-state index in [4.69, 9.17) is 10.8 Å². The van der Waals surface area contributed by atoms with Gasteiger partial charge in [-0.1, -0.05) is 48.5 Å². The monoisotopic (exact) mass is 525 g/mol. The quantitative estimate of drug-likeness (QED) is 0.173. The number of hydrogen-bond acceptors (Lipinski definition) is 6. The van der Waals surface area contributed by atoms with Crippen molar-refractivity contribution in [2.45, 2.75) is 43.9 Å². The molecule has 0 spiro atoms. The first-order chi connectivity index (χ1) is 17.7. The number of amides is 3. The number of rotatable bonds is 12. The fourth-order valence-electron chi connectivity index (χ4n) is 3.83. The molecule has 10 nitrogen and oxygen atoms in total. The summed E-state index contributed by atoms with van der Waals surface area (Å²) in [6.45, 7) is 1.43. The second-order valence-electron chi connectivity index (χ2n) is 8.73. The number of H-pyrrole nitrogens is 1. The number of carboxylic acid groups (broad SMARTS) is 1. The van der Waals surface area contributed by atoms with Gasteiger partial charge in [-0.05, 0) is 30.5 Å². The van der Waals surface area contributed by atoms with Gasteiger partial charge in [-0.2, -0.15) is 12.6 Å². The first kappa shape index (κ1) is 27.8. The van der Waals surface area contributed by atoms with Gasteiger partial charge in [-0.15, -0.1) is 0 Å². The van der Waals surface area contributed by atoms with Crippen molar-refractivity contribution in [3.05, 3.63) is 71.9 Å². The number of nitrogens with one attached hydrogen (secondary N) is 4. The summed E-state index contributed by atoms with van der Waals surface area (Å²) in [7, 11) is 0. The summed E-state index contributed by atoms with van der Waals surface area (Å²) in [5, 5.41) is 17.7. The predicted molar refractivity (Wildman–Crippen MR) is 143 cm³/mol.